The van der Waals surface area contributed by atoms with Crippen LogP contribution < -0.4 is 4.90 Å². The Kier molecular flexibility index (Phi) is 5.57. The normalized spacial score (nSPS) is 13.5. The van der Waals surface area contributed by atoms with E-state index >= 15 is 0 Å². The van der Waals surface area contributed by atoms with Gasteiger partial charge in [0.2, 0.25) is 0 Å². The van der Waals surface area contributed by atoms with Crippen molar-refractivity contribution in [3.05, 3.63) is 163 Å². The van der Waals surface area contributed by atoms with E-state index in [0.29, 0.717) is 0 Å². The van der Waals surface area contributed by atoms with Gasteiger partial charge in [-0.3, -0.25) is 0 Å². The van der Waals surface area contributed by atoms with E-state index < -0.39 is 0 Å². The summed E-state index contributed by atoms with van der Waals surface area (Å²) in [5, 5.41) is 10.3. The van der Waals surface area contributed by atoms with E-state index in [-0.39, 0.29) is 5.41 Å². The number of hydrogen-bond donors (Lipinski definition) is 0. The lowest BCUT2D eigenvalue weighted by molar-refractivity contribution is 0.660. The van der Waals surface area contributed by atoms with Crippen molar-refractivity contribution in [2.45, 2.75) is 19.3 Å². The van der Waals surface area contributed by atoms with Crippen molar-refractivity contribution in [3.63, 3.8) is 0 Å². The molecular formula is C45H31NS. The topological polar surface area (TPSA) is 3.24 Å². The minimum atomic E-state index is -0.0916. The van der Waals surface area contributed by atoms with Crippen molar-refractivity contribution in [3.8, 4) is 11.1 Å². The number of nitrogens with zero attached hydrogens (tertiary/aromatic N) is 1. The molecule has 1 aliphatic carbocycles. The summed E-state index contributed by atoms with van der Waals surface area (Å²) in [5.41, 5.74) is 8.89. The van der Waals surface area contributed by atoms with Crippen LogP contribution in [0.2, 0.25) is 0 Å². The fourth-order valence-corrected chi connectivity index (χ4v) is 9.44. The molecule has 1 aliphatic rings. The summed E-state index contributed by atoms with van der Waals surface area (Å²) in [6.07, 6.45) is 0. The van der Waals surface area contributed by atoms with Gasteiger partial charge in [-0.15, -0.1) is 11.3 Å². The highest BCUT2D eigenvalue weighted by atomic mass is 32.1. The van der Waals surface area contributed by atoms with Gasteiger partial charge >= 0.3 is 0 Å². The highest BCUT2D eigenvalue weighted by molar-refractivity contribution is 7.26. The summed E-state index contributed by atoms with van der Waals surface area (Å²) in [6, 6.07) is 56.4. The van der Waals surface area contributed by atoms with Gasteiger partial charge in [0.05, 0.1) is 11.4 Å². The fraction of sp³-hybridized carbons (Fsp3) is 0.0667. The van der Waals surface area contributed by atoms with Gasteiger partial charge in [0.25, 0.3) is 0 Å². The first-order valence-electron chi connectivity index (χ1n) is 16.4. The Bertz CT molecular complexity index is 2730. The summed E-state index contributed by atoms with van der Waals surface area (Å²) >= 11 is 1.91. The van der Waals surface area contributed by atoms with Gasteiger partial charge in [-0.2, -0.15) is 0 Å². The third-order valence-corrected chi connectivity index (χ3v) is 11.6. The quantitative estimate of drug-likeness (QED) is 0.178. The van der Waals surface area contributed by atoms with E-state index in [9.17, 15) is 0 Å². The predicted octanol–water partition coefficient (Wildman–Crippen LogP) is 13.3. The van der Waals surface area contributed by atoms with Crippen LogP contribution in [0.4, 0.5) is 17.1 Å². The van der Waals surface area contributed by atoms with Gasteiger partial charge in [0.15, 0.2) is 0 Å². The van der Waals surface area contributed by atoms with Crippen LogP contribution in [0.1, 0.15) is 25.0 Å². The molecule has 0 aliphatic heterocycles. The molecule has 0 N–H and O–H groups in total. The molecule has 2 heteroatoms. The summed E-state index contributed by atoms with van der Waals surface area (Å²) in [6.45, 7) is 4.73. The lowest BCUT2D eigenvalue weighted by Gasteiger charge is -2.30. The van der Waals surface area contributed by atoms with Gasteiger partial charge in [0, 0.05) is 47.6 Å². The molecule has 0 bridgehead atoms. The molecule has 0 radical (unpaired) electrons. The molecule has 0 atom stereocenters. The second-order valence-electron chi connectivity index (χ2n) is 13.3. The van der Waals surface area contributed by atoms with Crippen LogP contribution in [-0.2, 0) is 5.41 Å². The minimum Gasteiger partial charge on any atom is -0.309 e. The first-order valence-corrected chi connectivity index (χ1v) is 17.2. The third-order valence-electron chi connectivity index (χ3n) is 10.4. The molecule has 8 aromatic carbocycles. The minimum absolute atomic E-state index is 0.0916. The molecule has 0 saturated heterocycles. The zero-order valence-corrected chi connectivity index (χ0v) is 27.1. The van der Waals surface area contributed by atoms with Crippen molar-refractivity contribution in [2.75, 3.05) is 4.90 Å². The van der Waals surface area contributed by atoms with E-state index in [1.165, 1.54) is 86.1 Å². The predicted molar refractivity (Wildman–Crippen MR) is 204 cm³/mol. The number of benzene rings is 8. The Hall–Kier alpha value is -5.44. The first kappa shape index (κ1) is 26.7. The van der Waals surface area contributed by atoms with Crippen LogP contribution in [0.15, 0.2) is 152 Å². The van der Waals surface area contributed by atoms with Crippen molar-refractivity contribution >= 4 is 80.9 Å². The van der Waals surface area contributed by atoms with Crippen molar-refractivity contribution in [1.29, 1.82) is 0 Å². The van der Waals surface area contributed by atoms with Crippen molar-refractivity contribution in [2.24, 2.45) is 0 Å². The molecule has 1 aromatic heterocycles. The van der Waals surface area contributed by atoms with Crippen LogP contribution in [0, 0.1) is 0 Å². The molecule has 10 rings (SSSR count). The maximum atomic E-state index is 2.54. The summed E-state index contributed by atoms with van der Waals surface area (Å²) in [7, 11) is 0. The highest BCUT2D eigenvalue weighted by Gasteiger charge is 2.38. The molecule has 47 heavy (non-hydrogen) atoms. The lowest BCUT2D eigenvalue weighted by atomic mass is 9.82. The monoisotopic (exact) mass is 617 g/mol. The van der Waals surface area contributed by atoms with Crippen molar-refractivity contribution in [1.82, 2.24) is 0 Å². The maximum absolute atomic E-state index is 2.54. The molecule has 222 valence electrons. The Labute approximate surface area is 278 Å². The van der Waals surface area contributed by atoms with Crippen molar-refractivity contribution < 1.29 is 0 Å². The fourth-order valence-electron chi connectivity index (χ4n) is 8.18. The molecule has 1 nitrogen and oxygen atoms in total. The molecule has 9 aromatic rings. The van der Waals surface area contributed by atoms with Gasteiger partial charge in [-0.25, -0.2) is 0 Å². The van der Waals surface area contributed by atoms with E-state index in [2.05, 4.69) is 170 Å². The number of anilines is 3. The van der Waals surface area contributed by atoms with Gasteiger partial charge in [-0.1, -0.05) is 135 Å². The number of rotatable bonds is 3. The largest absolute Gasteiger partial charge is 0.309 e. The second-order valence-corrected chi connectivity index (χ2v) is 14.4. The Morgan fingerprint density at radius 2 is 1.19 bits per heavy atom. The standard InChI is InChI=1S/C45H31NS/c1-45(2)37-18-9-7-17-35(37)43-38(45)19-11-20-39(43)46(31-23-22-28-12-3-4-13-29(28)26-31)40-27-30-14-5-6-15-32(30)42-36(40)25-24-34-33-16-8-10-21-41(33)47-44(34)42/h3-27H,1-2H3. The number of hydrogen-bond acceptors (Lipinski definition) is 2. The van der Waals surface area contributed by atoms with E-state index in [0.717, 1.165) is 5.69 Å². The second kappa shape index (κ2) is 9.78. The SMILES string of the molecule is CC1(C)c2ccccc2-c2c(N(c3ccc4ccccc4c3)c3cc4ccccc4c4c3ccc3c5ccccc5sc34)cccc21. The Balaban J connectivity index is 1.36. The Morgan fingerprint density at radius 3 is 2.09 bits per heavy atom. The molecule has 0 spiro atoms. The molecule has 1 heterocycles. The van der Waals surface area contributed by atoms with Gasteiger partial charge in [-0.05, 0) is 68.6 Å². The van der Waals surface area contributed by atoms with Crippen LogP contribution >= 0.6 is 11.3 Å². The van der Waals surface area contributed by atoms with Crippen LogP contribution in [-0.4, -0.2) is 0 Å². The number of fused-ring (bicyclic) bond motifs is 11. The molecule has 0 amide bonds. The van der Waals surface area contributed by atoms with Crippen LogP contribution in [0.3, 0.4) is 0 Å². The zero-order valence-electron chi connectivity index (χ0n) is 26.3. The van der Waals surface area contributed by atoms with Crippen LogP contribution in [0.5, 0.6) is 0 Å². The molecule has 0 saturated carbocycles. The third kappa shape index (κ3) is 3.77. The smallest absolute Gasteiger partial charge is 0.0547 e. The summed E-state index contributed by atoms with van der Waals surface area (Å²) in [5.74, 6) is 0. The van der Waals surface area contributed by atoms with E-state index in [4.69, 9.17) is 0 Å². The average molecular weight is 618 g/mol. The first-order chi connectivity index (χ1) is 23.1. The molecule has 0 unspecified atom stereocenters. The average Bonchev–Trinajstić information content (AvgIpc) is 3.61. The number of thiophene rings is 1. The Morgan fingerprint density at radius 1 is 0.489 bits per heavy atom. The molecule has 0 fully saturated rings. The molecular weight excluding hydrogens is 587 g/mol. The van der Waals surface area contributed by atoms with E-state index in [1.54, 1.807) is 0 Å². The summed E-state index contributed by atoms with van der Waals surface area (Å²) in [4.78, 5) is 2.54. The van der Waals surface area contributed by atoms with Gasteiger partial charge in [0.1, 0.15) is 0 Å². The summed E-state index contributed by atoms with van der Waals surface area (Å²) < 4.78 is 2.68. The van der Waals surface area contributed by atoms with E-state index in [1.807, 2.05) is 11.3 Å². The van der Waals surface area contributed by atoms with Crippen LogP contribution in [0.25, 0.3) is 63.6 Å². The lowest BCUT2D eigenvalue weighted by Crippen LogP contribution is -2.16. The van der Waals surface area contributed by atoms with Gasteiger partial charge < -0.3 is 4.90 Å². The zero-order chi connectivity index (χ0) is 31.3. The highest BCUT2D eigenvalue weighted by Crippen LogP contribution is 2.55. The maximum Gasteiger partial charge on any atom is 0.0547 e.